The first-order valence-corrected chi connectivity index (χ1v) is 7.20. The van der Waals surface area contributed by atoms with Gasteiger partial charge in [0.1, 0.15) is 0 Å². The highest BCUT2D eigenvalue weighted by Crippen LogP contribution is 2.37. The van der Waals surface area contributed by atoms with E-state index in [-0.39, 0.29) is 11.8 Å². The third kappa shape index (κ3) is 4.58. The van der Waals surface area contributed by atoms with Crippen LogP contribution in [-0.2, 0) is 14.3 Å². The molecule has 0 aromatic heterocycles. The summed E-state index contributed by atoms with van der Waals surface area (Å²) in [6, 6.07) is 0. The molecule has 0 radical (unpaired) electrons. The summed E-state index contributed by atoms with van der Waals surface area (Å²) in [4.78, 5) is 11.5. The van der Waals surface area contributed by atoms with Gasteiger partial charge in [0.15, 0.2) is 0 Å². The second-order valence-corrected chi connectivity index (χ2v) is 5.59. The molecule has 104 valence electrons. The normalized spacial score (nSPS) is 28.1. The molecular formula is C14H25NO3. The van der Waals surface area contributed by atoms with Crippen LogP contribution in [-0.4, -0.2) is 38.9 Å². The van der Waals surface area contributed by atoms with Crippen molar-refractivity contribution in [2.75, 3.05) is 33.0 Å². The van der Waals surface area contributed by atoms with E-state index in [4.69, 9.17) is 9.47 Å². The second-order valence-electron chi connectivity index (χ2n) is 5.59. The van der Waals surface area contributed by atoms with Gasteiger partial charge in [-0.05, 0) is 37.5 Å². The third-order valence-corrected chi connectivity index (χ3v) is 3.91. The number of carbonyl (C=O) groups is 1. The van der Waals surface area contributed by atoms with Crippen molar-refractivity contribution < 1.29 is 14.3 Å². The molecule has 0 spiro atoms. The monoisotopic (exact) mass is 255 g/mol. The summed E-state index contributed by atoms with van der Waals surface area (Å²) in [5.41, 5.74) is 0. The van der Waals surface area contributed by atoms with Crippen molar-refractivity contribution in [1.82, 2.24) is 5.32 Å². The van der Waals surface area contributed by atoms with Crippen LogP contribution in [0.1, 0.15) is 32.6 Å². The fourth-order valence-electron chi connectivity index (χ4n) is 2.37. The summed E-state index contributed by atoms with van der Waals surface area (Å²) < 4.78 is 11.0. The molecular weight excluding hydrogens is 230 g/mol. The van der Waals surface area contributed by atoms with Crippen LogP contribution >= 0.6 is 0 Å². The molecule has 1 heterocycles. The number of rotatable bonds is 7. The highest BCUT2D eigenvalue weighted by molar-refractivity contribution is 5.81. The Labute approximate surface area is 109 Å². The molecule has 2 aliphatic rings. The molecule has 2 atom stereocenters. The molecule has 1 amide bonds. The van der Waals surface area contributed by atoms with Crippen LogP contribution in [0.25, 0.3) is 0 Å². The number of carbonyl (C=O) groups excluding carboxylic acids is 1. The van der Waals surface area contributed by atoms with Gasteiger partial charge >= 0.3 is 0 Å². The largest absolute Gasteiger partial charge is 0.381 e. The van der Waals surface area contributed by atoms with E-state index in [0.29, 0.717) is 11.8 Å². The summed E-state index contributed by atoms with van der Waals surface area (Å²) in [5.74, 6) is 1.77. The Kier molecular flexibility index (Phi) is 5.45. The van der Waals surface area contributed by atoms with Crippen molar-refractivity contribution in [2.24, 2.45) is 17.8 Å². The summed E-state index contributed by atoms with van der Waals surface area (Å²) in [7, 11) is 0. The highest BCUT2D eigenvalue weighted by atomic mass is 16.5. The molecule has 0 aromatic rings. The van der Waals surface area contributed by atoms with E-state index in [9.17, 15) is 4.79 Å². The minimum Gasteiger partial charge on any atom is -0.381 e. The topological polar surface area (TPSA) is 47.6 Å². The van der Waals surface area contributed by atoms with Gasteiger partial charge in [0, 0.05) is 38.9 Å². The molecule has 1 saturated carbocycles. The van der Waals surface area contributed by atoms with Crippen LogP contribution in [0.4, 0.5) is 0 Å². The third-order valence-electron chi connectivity index (χ3n) is 3.91. The lowest BCUT2D eigenvalue weighted by Crippen LogP contribution is -2.27. The molecule has 1 aliphatic carbocycles. The molecule has 4 nitrogen and oxygen atoms in total. The molecule has 2 fully saturated rings. The van der Waals surface area contributed by atoms with Gasteiger partial charge in [0.05, 0.1) is 0 Å². The maximum atomic E-state index is 11.5. The van der Waals surface area contributed by atoms with Crippen LogP contribution in [0.5, 0.6) is 0 Å². The molecule has 1 N–H and O–H groups in total. The molecule has 1 aliphatic heterocycles. The van der Waals surface area contributed by atoms with E-state index in [1.165, 1.54) is 0 Å². The maximum absolute atomic E-state index is 11.5. The Bertz CT molecular complexity index is 264. The minimum absolute atomic E-state index is 0.229. The average molecular weight is 255 g/mol. The van der Waals surface area contributed by atoms with Gasteiger partial charge in [-0.25, -0.2) is 0 Å². The van der Waals surface area contributed by atoms with E-state index in [1.54, 1.807) is 0 Å². The van der Waals surface area contributed by atoms with E-state index >= 15 is 0 Å². The van der Waals surface area contributed by atoms with Crippen LogP contribution in [0, 0.1) is 17.8 Å². The van der Waals surface area contributed by atoms with Gasteiger partial charge < -0.3 is 14.8 Å². The quantitative estimate of drug-likeness (QED) is 0.703. The van der Waals surface area contributed by atoms with Crippen LogP contribution in [0.15, 0.2) is 0 Å². The van der Waals surface area contributed by atoms with Crippen molar-refractivity contribution >= 4 is 5.91 Å². The summed E-state index contributed by atoms with van der Waals surface area (Å²) >= 11 is 0. The summed E-state index contributed by atoms with van der Waals surface area (Å²) in [6.07, 6.45) is 4.22. The van der Waals surface area contributed by atoms with Crippen LogP contribution in [0.2, 0.25) is 0 Å². The number of amides is 1. The number of nitrogens with one attached hydrogen (secondary N) is 1. The lowest BCUT2D eigenvalue weighted by atomic mass is 10.0. The Hall–Kier alpha value is -0.610. The second kappa shape index (κ2) is 7.10. The fourth-order valence-corrected chi connectivity index (χ4v) is 2.37. The van der Waals surface area contributed by atoms with Gasteiger partial charge in [0.25, 0.3) is 0 Å². The van der Waals surface area contributed by atoms with Gasteiger partial charge in [-0.3, -0.25) is 4.79 Å². The molecule has 1 saturated heterocycles. The van der Waals surface area contributed by atoms with Crippen LogP contribution in [0.3, 0.4) is 0 Å². The Morgan fingerprint density at radius 1 is 1.39 bits per heavy atom. The first-order chi connectivity index (χ1) is 8.77. The predicted octanol–water partition coefficient (Wildman–Crippen LogP) is 1.59. The number of ether oxygens (including phenoxy) is 2. The van der Waals surface area contributed by atoms with Gasteiger partial charge in [-0.15, -0.1) is 0 Å². The van der Waals surface area contributed by atoms with E-state index in [0.717, 1.165) is 58.7 Å². The summed E-state index contributed by atoms with van der Waals surface area (Å²) in [5, 5.41) is 2.97. The van der Waals surface area contributed by atoms with Crippen molar-refractivity contribution in [2.45, 2.75) is 32.6 Å². The Morgan fingerprint density at radius 2 is 2.11 bits per heavy atom. The molecule has 0 aromatic carbocycles. The smallest absolute Gasteiger partial charge is 0.223 e. The molecule has 4 heteroatoms. The van der Waals surface area contributed by atoms with E-state index in [1.807, 2.05) is 0 Å². The first kappa shape index (κ1) is 13.8. The highest BCUT2D eigenvalue weighted by Gasteiger charge is 2.38. The minimum atomic E-state index is 0.229. The van der Waals surface area contributed by atoms with Gasteiger partial charge in [0.2, 0.25) is 5.91 Å². The average Bonchev–Trinajstić information content (AvgIpc) is 3.12. The SMILES string of the molecule is CC1CC1C(=O)NCCCOCC1CCOCC1. The Morgan fingerprint density at radius 3 is 2.78 bits per heavy atom. The molecule has 0 bridgehead atoms. The standard InChI is InChI=1S/C14H25NO3/c1-11-9-13(11)14(16)15-5-2-6-18-10-12-3-7-17-8-4-12/h11-13H,2-10H2,1H3,(H,15,16). The lowest BCUT2D eigenvalue weighted by Gasteiger charge is -2.21. The molecule has 18 heavy (non-hydrogen) atoms. The zero-order chi connectivity index (χ0) is 12.8. The van der Waals surface area contributed by atoms with Crippen molar-refractivity contribution in [3.63, 3.8) is 0 Å². The van der Waals surface area contributed by atoms with Gasteiger partial charge in [-0.1, -0.05) is 6.92 Å². The van der Waals surface area contributed by atoms with Gasteiger partial charge in [-0.2, -0.15) is 0 Å². The Balaban J connectivity index is 1.40. The van der Waals surface area contributed by atoms with E-state index in [2.05, 4.69) is 12.2 Å². The zero-order valence-corrected chi connectivity index (χ0v) is 11.3. The zero-order valence-electron chi connectivity index (χ0n) is 11.3. The van der Waals surface area contributed by atoms with Crippen molar-refractivity contribution in [1.29, 1.82) is 0 Å². The fraction of sp³-hybridized carbons (Fsp3) is 0.929. The molecule has 2 rings (SSSR count). The van der Waals surface area contributed by atoms with Crippen molar-refractivity contribution in [3.8, 4) is 0 Å². The van der Waals surface area contributed by atoms with E-state index < -0.39 is 0 Å². The summed E-state index contributed by atoms with van der Waals surface area (Å²) in [6.45, 7) is 6.22. The lowest BCUT2D eigenvalue weighted by molar-refractivity contribution is -0.122. The molecule has 2 unspecified atom stereocenters. The first-order valence-electron chi connectivity index (χ1n) is 7.20. The van der Waals surface area contributed by atoms with Crippen LogP contribution < -0.4 is 5.32 Å². The maximum Gasteiger partial charge on any atom is 0.223 e. The number of hydrogen-bond donors (Lipinski definition) is 1. The number of hydrogen-bond acceptors (Lipinski definition) is 3. The van der Waals surface area contributed by atoms with Crippen molar-refractivity contribution in [3.05, 3.63) is 0 Å². The predicted molar refractivity (Wildman–Crippen MR) is 69.3 cm³/mol.